The number of carbonyl (C=O) groups excluding carboxylic acids is 2. The smallest absolute Gasteiger partial charge is 0.338 e. The number of nitrogens with one attached hydrogen (secondary N) is 1. The van der Waals surface area contributed by atoms with Gasteiger partial charge < -0.3 is 9.72 Å². The van der Waals surface area contributed by atoms with Crippen LogP contribution in [0.3, 0.4) is 0 Å². The van der Waals surface area contributed by atoms with Gasteiger partial charge in [-0.3, -0.25) is 4.79 Å². The van der Waals surface area contributed by atoms with Crippen molar-refractivity contribution in [1.29, 1.82) is 0 Å². The number of ether oxygens (including phenoxy) is 1. The molecule has 19 heavy (non-hydrogen) atoms. The Balaban J connectivity index is 2.22. The molecule has 2 aromatic rings. The van der Waals surface area contributed by atoms with Gasteiger partial charge in [0.1, 0.15) is 5.75 Å². The highest BCUT2D eigenvalue weighted by atomic mass is 16.5. The van der Waals surface area contributed by atoms with Crippen molar-refractivity contribution in [3.8, 4) is 5.75 Å². The fraction of sp³-hybridized carbons (Fsp3) is 0.0667. The summed E-state index contributed by atoms with van der Waals surface area (Å²) in [4.78, 5) is 26.3. The van der Waals surface area contributed by atoms with Gasteiger partial charge in [0.25, 0.3) is 0 Å². The van der Waals surface area contributed by atoms with Crippen molar-refractivity contribution in [2.45, 2.75) is 6.92 Å². The third-order valence-electron chi connectivity index (χ3n) is 2.50. The lowest BCUT2D eigenvalue weighted by molar-refractivity contribution is -0.130. The van der Waals surface area contributed by atoms with Crippen molar-refractivity contribution < 1.29 is 14.3 Å². The Kier molecular flexibility index (Phi) is 3.61. The molecular weight excluding hydrogens is 242 g/mol. The van der Waals surface area contributed by atoms with Crippen LogP contribution in [0.4, 0.5) is 0 Å². The van der Waals surface area contributed by atoms with Crippen LogP contribution in [0.25, 0.3) is 0 Å². The normalized spacial score (nSPS) is 9.95. The molecule has 2 rings (SSSR count). The third-order valence-corrected chi connectivity index (χ3v) is 2.50. The van der Waals surface area contributed by atoms with Gasteiger partial charge in [0.15, 0.2) is 0 Å². The summed E-state index contributed by atoms with van der Waals surface area (Å²) >= 11 is 0. The summed E-state index contributed by atoms with van der Waals surface area (Å²) < 4.78 is 5.08. The second-order valence-corrected chi connectivity index (χ2v) is 4.11. The van der Waals surface area contributed by atoms with Gasteiger partial charge in [0.2, 0.25) is 5.78 Å². The van der Waals surface area contributed by atoms with Crippen LogP contribution in [0, 0.1) is 0 Å². The van der Waals surface area contributed by atoms with Gasteiger partial charge in [0, 0.05) is 17.3 Å². The van der Waals surface area contributed by atoms with Gasteiger partial charge in [-0.25, -0.2) is 4.79 Å². The maximum absolute atomic E-state index is 12.1. The van der Waals surface area contributed by atoms with E-state index in [1.54, 1.807) is 43.5 Å². The standard InChI is InChI=1S/C15H13NO3/c1-10(2)15(18)19-12-6-3-5-11(9-12)14(17)13-7-4-8-16-13/h3-9,16H,1H2,2H3. The monoisotopic (exact) mass is 255 g/mol. The SMILES string of the molecule is C=C(C)C(=O)Oc1cccc(C(=O)c2ccc[nH]2)c1. The number of ketones is 1. The first-order valence-electron chi connectivity index (χ1n) is 5.74. The molecule has 0 fully saturated rings. The van der Waals surface area contributed by atoms with Crippen LogP contribution in [-0.2, 0) is 4.79 Å². The Hall–Kier alpha value is -2.62. The number of aromatic nitrogens is 1. The molecule has 0 unspecified atom stereocenters. The van der Waals surface area contributed by atoms with E-state index < -0.39 is 5.97 Å². The van der Waals surface area contributed by atoms with Crippen LogP contribution < -0.4 is 4.74 Å². The van der Waals surface area contributed by atoms with E-state index in [1.807, 2.05) is 0 Å². The number of H-pyrrole nitrogens is 1. The van der Waals surface area contributed by atoms with Gasteiger partial charge in [-0.1, -0.05) is 18.7 Å². The van der Waals surface area contributed by atoms with Crippen LogP contribution in [0.5, 0.6) is 5.75 Å². The number of rotatable bonds is 4. The lowest BCUT2D eigenvalue weighted by Crippen LogP contribution is -2.09. The highest BCUT2D eigenvalue weighted by Crippen LogP contribution is 2.17. The lowest BCUT2D eigenvalue weighted by Gasteiger charge is -2.05. The molecule has 0 saturated heterocycles. The summed E-state index contributed by atoms with van der Waals surface area (Å²) in [6.45, 7) is 5.07. The minimum atomic E-state index is -0.510. The first kappa shape index (κ1) is 12.8. The summed E-state index contributed by atoms with van der Waals surface area (Å²) in [6.07, 6.45) is 1.68. The highest BCUT2D eigenvalue weighted by molar-refractivity contribution is 6.08. The van der Waals surface area contributed by atoms with Crippen molar-refractivity contribution in [1.82, 2.24) is 4.98 Å². The van der Waals surface area contributed by atoms with E-state index in [0.717, 1.165) is 0 Å². The Morgan fingerprint density at radius 1 is 1.21 bits per heavy atom. The second-order valence-electron chi connectivity index (χ2n) is 4.11. The topological polar surface area (TPSA) is 59.2 Å². The molecule has 0 amide bonds. The van der Waals surface area contributed by atoms with Crippen LogP contribution in [0.15, 0.2) is 54.7 Å². The number of aromatic amines is 1. The zero-order valence-electron chi connectivity index (χ0n) is 10.5. The average Bonchev–Trinajstić information content (AvgIpc) is 2.92. The van der Waals surface area contributed by atoms with Gasteiger partial charge in [-0.05, 0) is 31.2 Å². The molecule has 0 aliphatic heterocycles. The lowest BCUT2D eigenvalue weighted by atomic mass is 10.1. The van der Waals surface area contributed by atoms with Gasteiger partial charge >= 0.3 is 5.97 Å². The number of hydrogen-bond acceptors (Lipinski definition) is 3. The van der Waals surface area contributed by atoms with Gasteiger partial charge in [-0.2, -0.15) is 0 Å². The van der Waals surface area contributed by atoms with E-state index >= 15 is 0 Å². The second kappa shape index (κ2) is 5.35. The van der Waals surface area contributed by atoms with Gasteiger partial charge in [0.05, 0.1) is 5.69 Å². The van der Waals surface area contributed by atoms with Crippen molar-refractivity contribution in [2.24, 2.45) is 0 Å². The molecule has 1 aromatic carbocycles. The van der Waals surface area contributed by atoms with Crippen LogP contribution >= 0.6 is 0 Å². The summed E-state index contributed by atoms with van der Waals surface area (Å²) in [5, 5.41) is 0. The maximum Gasteiger partial charge on any atom is 0.338 e. The highest BCUT2D eigenvalue weighted by Gasteiger charge is 2.12. The van der Waals surface area contributed by atoms with E-state index in [-0.39, 0.29) is 5.78 Å². The van der Waals surface area contributed by atoms with E-state index in [2.05, 4.69) is 11.6 Å². The van der Waals surface area contributed by atoms with Crippen molar-refractivity contribution in [2.75, 3.05) is 0 Å². The maximum atomic E-state index is 12.1. The van der Waals surface area contributed by atoms with Crippen molar-refractivity contribution >= 4 is 11.8 Å². The molecule has 1 heterocycles. The van der Waals surface area contributed by atoms with E-state index in [1.165, 1.54) is 6.07 Å². The Labute approximate surface area is 110 Å². The summed E-state index contributed by atoms with van der Waals surface area (Å²) in [7, 11) is 0. The third kappa shape index (κ3) is 2.98. The number of carbonyl (C=O) groups is 2. The molecule has 1 aromatic heterocycles. The Morgan fingerprint density at radius 3 is 2.63 bits per heavy atom. The summed E-state index contributed by atoms with van der Waals surface area (Å²) in [5.41, 5.74) is 1.25. The number of benzene rings is 1. The van der Waals surface area contributed by atoms with Crippen LogP contribution in [-0.4, -0.2) is 16.7 Å². The fourth-order valence-electron chi connectivity index (χ4n) is 1.52. The fourth-order valence-corrected chi connectivity index (χ4v) is 1.52. The molecule has 4 nitrogen and oxygen atoms in total. The Bertz CT molecular complexity index is 627. The molecule has 0 bridgehead atoms. The van der Waals surface area contributed by atoms with E-state index in [4.69, 9.17) is 4.74 Å². The molecule has 0 saturated carbocycles. The molecule has 96 valence electrons. The molecule has 0 radical (unpaired) electrons. The minimum Gasteiger partial charge on any atom is -0.423 e. The molecule has 0 aliphatic carbocycles. The molecule has 0 atom stereocenters. The quantitative estimate of drug-likeness (QED) is 0.395. The van der Waals surface area contributed by atoms with Crippen molar-refractivity contribution in [3.63, 3.8) is 0 Å². The Morgan fingerprint density at radius 2 is 2.00 bits per heavy atom. The minimum absolute atomic E-state index is 0.154. The predicted octanol–water partition coefficient (Wildman–Crippen LogP) is 2.73. The summed E-state index contributed by atoms with van der Waals surface area (Å²) in [5.74, 6) is -0.340. The van der Waals surface area contributed by atoms with E-state index in [9.17, 15) is 9.59 Å². The first-order chi connectivity index (χ1) is 9.08. The largest absolute Gasteiger partial charge is 0.423 e. The van der Waals surface area contributed by atoms with Crippen LogP contribution in [0.1, 0.15) is 23.0 Å². The first-order valence-corrected chi connectivity index (χ1v) is 5.74. The molecular formula is C15H13NO3. The van der Waals surface area contributed by atoms with E-state index in [0.29, 0.717) is 22.6 Å². The van der Waals surface area contributed by atoms with Crippen LogP contribution in [0.2, 0.25) is 0 Å². The zero-order chi connectivity index (χ0) is 13.8. The zero-order valence-corrected chi connectivity index (χ0v) is 10.5. The van der Waals surface area contributed by atoms with Crippen molar-refractivity contribution in [3.05, 3.63) is 66.0 Å². The average molecular weight is 255 g/mol. The van der Waals surface area contributed by atoms with Gasteiger partial charge in [-0.15, -0.1) is 0 Å². The molecule has 0 spiro atoms. The molecule has 1 N–H and O–H groups in total. The predicted molar refractivity (Wildman–Crippen MR) is 71.1 cm³/mol. The number of hydrogen-bond donors (Lipinski definition) is 1. The molecule has 0 aliphatic rings. The summed E-state index contributed by atoms with van der Waals surface area (Å²) in [6, 6.07) is 9.92. The number of esters is 1. The molecule has 4 heteroatoms.